The number of amides is 1. The lowest BCUT2D eigenvalue weighted by atomic mass is 10.2. The second-order valence-electron chi connectivity index (χ2n) is 7.64. The van der Waals surface area contributed by atoms with E-state index in [-0.39, 0.29) is 11.9 Å². The zero-order valence-corrected chi connectivity index (χ0v) is 17.4. The maximum atomic E-state index is 12.9. The van der Waals surface area contributed by atoms with Crippen molar-refractivity contribution in [2.24, 2.45) is 0 Å². The second-order valence-corrected chi connectivity index (χ2v) is 9.58. The maximum absolute atomic E-state index is 12.9. The number of benzene rings is 1. The smallest absolute Gasteiger partial charge is 0.243 e. The molecule has 1 aromatic heterocycles. The summed E-state index contributed by atoms with van der Waals surface area (Å²) in [5, 5.41) is 0. The number of piperazine rings is 1. The molecule has 154 valence electrons. The molecule has 4 rings (SSSR count). The summed E-state index contributed by atoms with van der Waals surface area (Å²) in [4.78, 5) is 21.5. The number of hydrogen-bond donors (Lipinski definition) is 0. The van der Waals surface area contributed by atoms with Crippen LogP contribution in [0, 0.1) is 6.92 Å². The van der Waals surface area contributed by atoms with Crippen LogP contribution in [-0.2, 0) is 21.4 Å². The van der Waals surface area contributed by atoms with Crippen molar-refractivity contribution in [3.63, 3.8) is 0 Å². The van der Waals surface area contributed by atoms with Gasteiger partial charge >= 0.3 is 0 Å². The van der Waals surface area contributed by atoms with E-state index in [1.165, 1.54) is 4.31 Å². The highest BCUT2D eigenvalue weighted by Gasteiger charge is 2.38. The van der Waals surface area contributed by atoms with Crippen molar-refractivity contribution in [2.75, 3.05) is 32.7 Å². The molecular weight excluding hydrogens is 388 g/mol. The molecule has 2 aromatic rings. The minimum absolute atomic E-state index is 0.116. The molecule has 8 heteroatoms. The zero-order valence-electron chi connectivity index (χ0n) is 16.6. The molecular formula is C21H26N4O3S. The van der Waals surface area contributed by atoms with Gasteiger partial charge in [0.15, 0.2) is 0 Å². The van der Waals surface area contributed by atoms with Crippen LogP contribution in [0.15, 0.2) is 53.6 Å². The van der Waals surface area contributed by atoms with E-state index in [0.29, 0.717) is 44.2 Å². The Hall–Kier alpha value is -2.29. The lowest BCUT2D eigenvalue weighted by Gasteiger charge is -2.36. The first-order chi connectivity index (χ1) is 13.9. The minimum Gasteiger partial charge on any atom is -0.335 e. The number of nitrogens with zero attached hydrogens (tertiary/aromatic N) is 4. The first kappa shape index (κ1) is 20.0. The minimum atomic E-state index is -3.49. The molecule has 2 saturated heterocycles. The Labute approximate surface area is 172 Å². The van der Waals surface area contributed by atoms with Gasteiger partial charge in [-0.25, -0.2) is 8.42 Å². The monoisotopic (exact) mass is 414 g/mol. The van der Waals surface area contributed by atoms with E-state index < -0.39 is 10.0 Å². The Morgan fingerprint density at radius 1 is 1.00 bits per heavy atom. The average molecular weight is 415 g/mol. The molecule has 1 atom stereocenters. The van der Waals surface area contributed by atoms with Crippen molar-refractivity contribution in [3.05, 3.63) is 59.9 Å². The normalized spacial score (nSPS) is 21.6. The summed E-state index contributed by atoms with van der Waals surface area (Å²) in [5.74, 6) is 0.116. The summed E-state index contributed by atoms with van der Waals surface area (Å²) in [5.41, 5.74) is 1.92. The molecule has 0 radical (unpaired) electrons. The van der Waals surface area contributed by atoms with Gasteiger partial charge in [-0.2, -0.15) is 4.31 Å². The van der Waals surface area contributed by atoms with Crippen LogP contribution in [0.4, 0.5) is 0 Å². The van der Waals surface area contributed by atoms with E-state index in [1.54, 1.807) is 18.3 Å². The van der Waals surface area contributed by atoms with Crippen LogP contribution in [0.3, 0.4) is 0 Å². The average Bonchev–Trinajstić information content (AvgIpc) is 3.09. The molecule has 0 aliphatic carbocycles. The van der Waals surface area contributed by atoms with Crippen molar-refractivity contribution in [1.29, 1.82) is 0 Å². The highest BCUT2D eigenvalue weighted by atomic mass is 32.2. The van der Waals surface area contributed by atoms with Gasteiger partial charge in [0.1, 0.15) is 0 Å². The molecule has 0 N–H and O–H groups in total. The Bertz CT molecular complexity index is 955. The van der Waals surface area contributed by atoms with Gasteiger partial charge in [0.2, 0.25) is 15.9 Å². The van der Waals surface area contributed by atoms with Crippen LogP contribution in [-0.4, -0.2) is 72.2 Å². The number of aromatic nitrogens is 1. The highest BCUT2D eigenvalue weighted by Crippen LogP contribution is 2.23. The van der Waals surface area contributed by atoms with Crippen molar-refractivity contribution in [1.82, 2.24) is 19.1 Å². The van der Waals surface area contributed by atoms with E-state index in [1.807, 2.05) is 42.2 Å². The molecule has 1 aromatic carbocycles. The van der Waals surface area contributed by atoms with Crippen molar-refractivity contribution in [3.8, 4) is 0 Å². The Morgan fingerprint density at radius 3 is 2.38 bits per heavy atom. The number of carbonyl (C=O) groups excluding carboxylic acids is 1. The van der Waals surface area contributed by atoms with Gasteiger partial charge in [-0.1, -0.05) is 23.8 Å². The topological polar surface area (TPSA) is 73.8 Å². The van der Waals surface area contributed by atoms with Gasteiger partial charge in [0, 0.05) is 38.9 Å². The lowest BCUT2D eigenvalue weighted by Crippen LogP contribution is -2.53. The summed E-state index contributed by atoms with van der Waals surface area (Å²) in [6.07, 6.45) is 2.51. The summed E-state index contributed by atoms with van der Waals surface area (Å²) in [6.45, 7) is 5.11. The van der Waals surface area contributed by atoms with E-state index in [9.17, 15) is 13.2 Å². The van der Waals surface area contributed by atoms with Gasteiger partial charge in [0.05, 0.1) is 23.2 Å². The Kier molecular flexibility index (Phi) is 5.67. The number of carbonyl (C=O) groups is 1. The number of likely N-dealkylation sites (tertiary alicyclic amines) is 1. The Morgan fingerprint density at radius 2 is 1.72 bits per heavy atom. The van der Waals surface area contributed by atoms with Gasteiger partial charge in [0.25, 0.3) is 0 Å². The number of aryl methyl sites for hydroxylation is 1. The maximum Gasteiger partial charge on any atom is 0.243 e. The fraction of sp³-hybridized carbons (Fsp3) is 0.429. The first-order valence-electron chi connectivity index (χ1n) is 9.95. The second kappa shape index (κ2) is 8.22. The Balaban J connectivity index is 1.36. The molecule has 0 saturated carbocycles. The molecule has 1 amide bonds. The third-order valence-corrected chi connectivity index (χ3v) is 7.63. The summed E-state index contributed by atoms with van der Waals surface area (Å²) >= 11 is 0. The van der Waals surface area contributed by atoms with Crippen molar-refractivity contribution in [2.45, 2.75) is 30.8 Å². The molecule has 1 unspecified atom stereocenters. The third-order valence-electron chi connectivity index (χ3n) is 5.72. The number of pyridine rings is 1. The van der Waals surface area contributed by atoms with Gasteiger partial charge in [-0.3, -0.25) is 14.7 Å². The number of sulfonamides is 1. The zero-order chi connectivity index (χ0) is 20.4. The van der Waals surface area contributed by atoms with Gasteiger partial charge < -0.3 is 4.90 Å². The summed E-state index contributed by atoms with van der Waals surface area (Å²) < 4.78 is 27.3. The van der Waals surface area contributed by atoms with Crippen LogP contribution in [0.25, 0.3) is 0 Å². The molecule has 2 fully saturated rings. The SMILES string of the molecule is Cc1ccc(S(=O)(=O)N2CCN(C3CCN(Cc4ccccn4)C3=O)CC2)cc1. The number of hydrogen-bond acceptors (Lipinski definition) is 5. The third kappa shape index (κ3) is 4.19. The predicted octanol–water partition coefficient (Wildman–Crippen LogP) is 1.50. The number of rotatable bonds is 5. The van der Waals surface area contributed by atoms with E-state index in [4.69, 9.17) is 0 Å². The first-order valence-corrected chi connectivity index (χ1v) is 11.4. The van der Waals surface area contributed by atoms with E-state index >= 15 is 0 Å². The standard InChI is InChI=1S/C21H26N4O3S/c1-17-5-7-19(8-6-17)29(27,28)25-14-12-23(13-15-25)20-9-11-24(21(20)26)16-18-4-2-3-10-22-18/h2-8,10,20H,9,11-16H2,1H3. The van der Waals surface area contributed by atoms with Crippen molar-refractivity contribution >= 4 is 15.9 Å². The van der Waals surface area contributed by atoms with Crippen molar-refractivity contribution < 1.29 is 13.2 Å². The van der Waals surface area contributed by atoms with E-state index in [0.717, 1.165) is 17.7 Å². The largest absolute Gasteiger partial charge is 0.335 e. The van der Waals surface area contributed by atoms with Crippen LogP contribution in [0.1, 0.15) is 17.7 Å². The van der Waals surface area contributed by atoms with E-state index in [2.05, 4.69) is 9.88 Å². The predicted molar refractivity (Wildman–Crippen MR) is 110 cm³/mol. The fourth-order valence-electron chi connectivity index (χ4n) is 4.02. The molecule has 2 aliphatic rings. The quantitative estimate of drug-likeness (QED) is 0.741. The fourth-order valence-corrected chi connectivity index (χ4v) is 5.44. The molecule has 7 nitrogen and oxygen atoms in total. The molecule has 0 bridgehead atoms. The van der Waals surface area contributed by atoms with Crippen LogP contribution in [0.5, 0.6) is 0 Å². The van der Waals surface area contributed by atoms with Gasteiger partial charge in [-0.05, 0) is 37.6 Å². The van der Waals surface area contributed by atoms with Crippen LogP contribution in [0.2, 0.25) is 0 Å². The molecule has 3 heterocycles. The molecule has 0 spiro atoms. The van der Waals surface area contributed by atoms with Crippen LogP contribution >= 0.6 is 0 Å². The summed E-state index contributed by atoms with van der Waals surface area (Å²) in [6, 6.07) is 12.5. The van der Waals surface area contributed by atoms with Gasteiger partial charge in [-0.15, -0.1) is 0 Å². The lowest BCUT2D eigenvalue weighted by molar-refractivity contribution is -0.133. The molecule has 29 heavy (non-hydrogen) atoms. The highest BCUT2D eigenvalue weighted by molar-refractivity contribution is 7.89. The van der Waals surface area contributed by atoms with Crippen LogP contribution < -0.4 is 0 Å². The molecule has 2 aliphatic heterocycles. The summed E-state index contributed by atoms with van der Waals surface area (Å²) in [7, 11) is -3.49.